The number of carbonyl (C=O) groups is 2. The molecule has 148 valence electrons. The smallest absolute Gasteiger partial charge is 0.341 e. The van der Waals surface area contributed by atoms with Gasteiger partial charge >= 0.3 is 5.97 Å². The molecule has 28 heavy (non-hydrogen) atoms. The molecule has 1 amide bonds. The number of hydrogen-bond acceptors (Lipinski definition) is 4. The predicted octanol–water partition coefficient (Wildman–Crippen LogP) is 3.60. The molecule has 0 radical (unpaired) electrons. The number of carbonyl (C=O) groups excluding carboxylic acids is 2. The van der Waals surface area contributed by atoms with Crippen LogP contribution in [0, 0.1) is 12.8 Å². The minimum atomic E-state index is -0.821. The van der Waals surface area contributed by atoms with Crippen molar-refractivity contribution in [2.24, 2.45) is 5.92 Å². The number of amides is 1. The normalized spacial score (nSPS) is 15.9. The maximum Gasteiger partial charge on any atom is 0.341 e. The van der Waals surface area contributed by atoms with Gasteiger partial charge in [-0.1, -0.05) is 42.5 Å². The number of anilines is 1. The lowest BCUT2D eigenvalue weighted by Gasteiger charge is -2.33. The van der Waals surface area contributed by atoms with Crippen molar-refractivity contribution in [1.82, 2.24) is 4.90 Å². The van der Waals surface area contributed by atoms with E-state index in [-0.39, 0.29) is 5.91 Å². The number of nitrogen functional groups attached to an aromatic ring is 1. The molecule has 0 saturated carbocycles. The van der Waals surface area contributed by atoms with E-state index >= 15 is 0 Å². The summed E-state index contributed by atoms with van der Waals surface area (Å²) in [6.07, 6.45) is 2.15. The second-order valence-electron chi connectivity index (χ2n) is 7.54. The molecule has 1 atom stereocenters. The second kappa shape index (κ2) is 8.91. The predicted molar refractivity (Wildman–Crippen MR) is 110 cm³/mol. The number of aryl methyl sites for hydroxylation is 1. The van der Waals surface area contributed by atoms with Crippen molar-refractivity contribution < 1.29 is 14.3 Å². The fourth-order valence-electron chi connectivity index (χ4n) is 3.70. The zero-order valence-corrected chi connectivity index (χ0v) is 16.6. The molecule has 5 heteroatoms. The molecule has 1 aliphatic rings. The molecule has 2 N–H and O–H groups in total. The van der Waals surface area contributed by atoms with E-state index in [1.54, 1.807) is 24.0 Å². The Morgan fingerprint density at radius 3 is 2.46 bits per heavy atom. The molecule has 1 fully saturated rings. The van der Waals surface area contributed by atoms with Crippen LogP contribution in [-0.2, 0) is 16.0 Å². The van der Waals surface area contributed by atoms with E-state index in [0.717, 1.165) is 24.8 Å². The lowest BCUT2D eigenvalue weighted by molar-refractivity contribution is -0.141. The van der Waals surface area contributed by atoms with Gasteiger partial charge in [0.1, 0.15) is 0 Å². The van der Waals surface area contributed by atoms with Gasteiger partial charge in [-0.25, -0.2) is 4.79 Å². The highest BCUT2D eigenvalue weighted by Gasteiger charge is 2.28. The molecule has 1 saturated heterocycles. The number of piperidine rings is 1. The van der Waals surface area contributed by atoms with Crippen LogP contribution in [0.1, 0.15) is 41.3 Å². The molecule has 1 unspecified atom stereocenters. The van der Waals surface area contributed by atoms with Crippen molar-refractivity contribution >= 4 is 17.6 Å². The molecule has 3 rings (SSSR count). The third-order valence-electron chi connectivity index (χ3n) is 5.47. The number of likely N-dealkylation sites (tertiary alicyclic amines) is 1. The van der Waals surface area contributed by atoms with E-state index in [1.165, 1.54) is 5.56 Å². The quantitative estimate of drug-likeness (QED) is 0.635. The third-order valence-corrected chi connectivity index (χ3v) is 5.47. The van der Waals surface area contributed by atoms with Gasteiger partial charge in [0.15, 0.2) is 6.10 Å². The van der Waals surface area contributed by atoms with Gasteiger partial charge in [0.2, 0.25) is 0 Å². The first-order valence-electron chi connectivity index (χ1n) is 9.84. The fourth-order valence-corrected chi connectivity index (χ4v) is 3.70. The van der Waals surface area contributed by atoms with Gasteiger partial charge < -0.3 is 15.4 Å². The van der Waals surface area contributed by atoms with Gasteiger partial charge in [-0.3, -0.25) is 4.79 Å². The van der Waals surface area contributed by atoms with Crippen LogP contribution < -0.4 is 5.73 Å². The van der Waals surface area contributed by atoms with Crippen LogP contribution in [0.2, 0.25) is 0 Å². The summed E-state index contributed by atoms with van der Waals surface area (Å²) in [6, 6.07) is 15.7. The van der Waals surface area contributed by atoms with Gasteiger partial charge in [0, 0.05) is 18.8 Å². The van der Waals surface area contributed by atoms with Gasteiger partial charge in [-0.2, -0.15) is 0 Å². The van der Waals surface area contributed by atoms with Crippen molar-refractivity contribution in [3.05, 3.63) is 65.2 Å². The first-order valence-corrected chi connectivity index (χ1v) is 9.84. The molecule has 2 aromatic rings. The summed E-state index contributed by atoms with van der Waals surface area (Å²) < 4.78 is 5.40. The molecular weight excluding hydrogens is 352 g/mol. The number of ether oxygens (including phenoxy) is 1. The highest BCUT2D eigenvalue weighted by molar-refractivity contribution is 5.97. The fraction of sp³-hybridized carbons (Fsp3) is 0.391. The number of para-hydroxylation sites is 1. The Hall–Kier alpha value is -2.82. The molecule has 2 aromatic carbocycles. The number of hydrogen-bond donors (Lipinski definition) is 1. The Morgan fingerprint density at radius 2 is 1.79 bits per heavy atom. The Morgan fingerprint density at radius 1 is 1.11 bits per heavy atom. The molecule has 0 spiro atoms. The van der Waals surface area contributed by atoms with Crippen LogP contribution in [0.25, 0.3) is 0 Å². The van der Waals surface area contributed by atoms with Crippen molar-refractivity contribution in [3.8, 4) is 0 Å². The second-order valence-corrected chi connectivity index (χ2v) is 7.54. The van der Waals surface area contributed by atoms with Crippen LogP contribution in [0.3, 0.4) is 0 Å². The Bertz CT molecular complexity index is 827. The maximum atomic E-state index is 12.7. The van der Waals surface area contributed by atoms with Crippen LogP contribution in [0.15, 0.2) is 48.5 Å². The first kappa shape index (κ1) is 19.9. The Kier molecular flexibility index (Phi) is 6.34. The number of rotatable bonds is 5. The minimum Gasteiger partial charge on any atom is -0.449 e. The maximum absolute atomic E-state index is 12.7. The summed E-state index contributed by atoms with van der Waals surface area (Å²) in [6.45, 7) is 4.86. The topological polar surface area (TPSA) is 72.6 Å². The minimum absolute atomic E-state index is 0.141. The van der Waals surface area contributed by atoms with Crippen LogP contribution >= 0.6 is 0 Å². The first-order chi connectivity index (χ1) is 13.5. The van der Waals surface area contributed by atoms with E-state index in [4.69, 9.17) is 10.5 Å². The molecule has 5 nitrogen and oxygen atoms in total. The highest BCUT2D eigenvalue weighted by atomic mass is 16.5. The summed E-state index contributed by atoms with van der Waals surface area (Å²) >= 11 is 0. The van der Waals surface area contributed by atoms with Crippen molar-refractivity contribution in [1.29, 1.82) is 0 Å². The van der Waals surface area contributed by atoms with E-state index in [0.29, 0.717) is 30.3 Å². The molecule has 0 aromatic heterocycles. The third kappa shape index (κ3) is 4.71. The van der Waals surface area contributed by atoms with Gasteiger partial charge in [0.05, 0.1) is 5.56 Å². The Labute approximate surface area is 166 Å². The summed E-state index contributed by atoms with van der Waals surface area (Å²) in [5, 5.41) is 0. The number of nitrogens with zero attached hydrogens (tertiary/aromatic N) is 1. The van der Waals surface area contributed by atoms with Gasteiger partial charge in [-0.05, 0) is 56.2 Å². The van der Waals surface area contributed by atoms with Crippen LogP contribution in [0.4, 0.5) is 5.69 Å². The summed E-state index contributed by atoms with van der Waals surface area (Å²) in [7, 11) is 0. The van der Waals surface area contributed by atoms with E-state index in [1.807, 2.05) is 19.1 Å². The van der Waals surface area contributed by atoms with Gasteiger partial charge in [-0.15, -0.1) is 0 Å². The highest BCUT2D eigenvalue weighted by Crippen LogP contribution is 2.23. The average Bonchev–Trinajstić information content (AvgIpc) is 2.70. The molecule has 1 aliphatic heterocycles. The zero-order valence-electron chi connectivity index (χ0n) is 16.6. The standard InChI is InChI=1S/C23H28N2O3/c1-16-7-6-10-20(21(16)24)23(27)28-17(2)22(26)25-13-11-19(12-14-25)15-18-8-4-3-5-9-18/h3-10,17,19H,11-15,24H2,1-2H3. The molecule has 1 heterocycles. The van der Waals surface area contributed by atoms with E-state index in [9.17, 15) is 9.59 Å². The summed E-state index contributed by atoms with van der Waals surface area (Å²) in [4.78, 5) is 26.9. The summed E-state index contributed by atoms with van der Waals surface area (Å²) in [5.74, 6) is -0.116. The summed E-state index contributed by atoms with van der Waals surface area (Å²) in [5.41, 5.74) is 8.82. The number of nitrogens with two attached hydrogens (primary N) is 1. The van der Waals surface area contributed by atoms with Crippen LogP contribution in [0.5, 0.6) is 0 Å². The van der Waals surface area contributed by atoms with Crippen LogP contribution in [-0.4, -0.2) is 36.0 Å². The average molecular weight is 380 g/mol. The number of esters is 1. The molecule has 0 bridgehead atoms. The lowest BCUT2D eigenvalue weighted by atomic mass is 9.90. The van der Waals surface area contributed by atoms with Crippen molar-refractivity contribution in [2.75, 3.05) is 18.8 Å². The zero-order chi connectivity index (χ0) is 20.1. The largest absolute Gasteiger partial charge is 0.449 e. The Balaban J connectivity index is 1.51. The van der Waals surface area contributed by atoms with E-state index < -0.39 is 12.1 Å². The SMILES string of the molecule is Cc1cccc(C(=O)OC(C)C(=O)N2CCC(Cc3ccccc3)CC2)c1N. The van der Waals surface area contributed by atoms with Crippen molar-refractivity contribution in [2.45, 2.75) is 39.2 Å². The number of benzene rings is 2. The van der Waals surface area contributed by atoms with E-state index in [2.05, 4.69) is 24.3 Å². The molecule has 0 aliphatic carbocycles. The van der Waals surface area contributed by atoms with Crippen molar-refractivity contribution in [3.63, 3.8) is 0 Å². The van der Waals surface area contributed by atoms with Gasteiger partial charge in [0.25, 0.3) is 5.91 Å². The monoisotopic (exact) mass is 380 g/mol. The molecular formula is C23H28N2O3. The lowest BCUT2D eigenvalue weighted by Crippen LogP contribution is -2.44.